The Bertz CT molecular complexity index is 281. The van der Waals surface area contributed by atoms with Gasteiger partial charge in [0.1, 0.15) is 5.82 Å². The third-order valence-corrected chi connectivity index (χ3v) is 3.79. The summed E-state index contributed by atoms with van der Waals surface area (Å²) in [5, 5.41) is 3.61. The maximum atomic E-state index is 4.23. The highest BCUT2D eigenvalue weighted by Gasteiger charge is 2.26. The highest BCUT2D eigenvalue weighted by atomic mass is 15.0. The van der Waals surface area contributed by atoms with Crippen LogP contribution in [0.2, 0.25) is 0 Å². The maximum Gasteiger partial charge on any atom is 0.120 e. The monoisotopic (exact) mass is 207 g/mol. The third kappa shape index (κ3) is 2.59. The summed E-state index contributed by atoms with van der Waals surface area (Å²) in [5.41, 5.74) is 0. The van der Waals surface area contributed by atoms with Gasteiger partial charge in [-0.2, -0.15) is 0 Å². The van der Waals surface area contributed by atoms with Gasteiger partial charge in [-0.1, -0.05) is 26.7 Å². The van der Waals surface area contributed by atoms with Crippen molar-refractivity contribution in [3.63, 3.8) is 0 Å². The SMILES string of the molecule is C[C@@H]1[C@H](C)CCC[C@H]1NCc1ncc[nH]1. The molecule has 1 fully saturated rings. The average molecular weight is 207 g/mol. The Morgan fingerprint density at radius 1 is 1.47 bits per heavy atom. The normalized spacial score (nSPS) is 31.7. The molecule has 0 aliphatic heterocycles. The zero-order chi connectivity index (χ0) is 10.7. The molecule has 1 saturated carbocycles. The van der Waals surface area contributed by atoms with Crippen molar-refractivity contribution in [1.29, 1.82) is 0 Å². The molecule has 3 nitrogen and oxygen atoms in total. The zero-order valence-electron chi connectivity index (χ0n) is 9.66. The van der Waals surface area contributed by atoms with E-state index in [9.17, 15) is 0 Å². The summed E-state index contributed by atoms with van der Waals surface area (Å²) in [6.07, 6.45) is 7.75. The zero-order valence-corrected chi connectivity index (χ0v) is 9.66. The standard InChI is InChI=1S/C12H21N3/c1-9-4-3-5-11(10(9)2)15-8-12-13-6-7-14-12/h6-7,9-11,15H,3-5,8H2,1-2H3,(H,13,14)/t9-,10-,11-/m1/s1. The second-order valence-electron chi connectivity index (χ2n) is 4.79. The number of hydrogen-bond donors (Lipinski definition) is 2. The van der Waals surface area contributed by atoms with E-state index in [1.807, 2.05) is 12.4 Å². The van der Waals surface area contributed by atoms with Crippen LogP contribution in [0, 0.1) is 11.8 Å². The average Bonchev–Trinajstić information content (AvgIpc) is 2.73. The van der Waals surface area contributed by atoms with Crippen molar-refractivity contribution >= 4 is 0 Å². The van der Waals surface area contributed by atoms with E-state index in [2.05, 4.69) is 29.1 Å². The van der Waals surface area contributed by atoms with Crippen LogP contribution >= 0.6 is 0 Å². The fourth-order valence-corrected chi connectivity index (χ4v) is 2.49. The predicted octanol–water partition coefficient (Wildman–Crippen LogP) is 2.32. The van der Waals surface area contributed by atoms with Crippen LogP contribution in [0.15, 0.2) is 12.4 Å². The van der Waals surface area contributed by atoms with Gasteiger partial charge in [-0.15, -0.1) is 0 Å². The van der Waals surface area contributed by atoms with Gasteiger partial charge in [0.2, 0.25) is 0 Å². The number of aromatic amines is 1. The van der Waals surface area contributed by atoms with Crippen LogP contribution in [0.1, 0.15) is 38.9 Å². The minimum atomic E-state index is 0.666. The van der Waals surface area contributed by atoms with Gasteiger partial charge in [0.25, 0.3) is 0 Å². The molecule has 0 spiro atoms. The number of aromatic nitrogens is 2. The first kappa shape index (κ1) is 10.7. The molecule has 3 heteroatoms. The molecular formula is C12H21N3. The highest BCUT2D eigenvalue weighted by Crippen LogP contribution is 2.29. The van der Waals surface area contributed by atoms with E-state index >= 15 is 0 Å². The van der Waals surface area contributed by atoms with E-state index in [0.29, 0.717) is 6.04 Å². The largest absolute Gasteiger partial charge is 0.348 e. The van der Waals surface area contributed by atoms with E-state index in [1.54, 1.807) is 0 Å². The first-order chi connectivity index (χ1) is 7.27. The van der Waals surface area contributed by atoms with Crippen molar-refractivity contribution in [3.8, 4) is 0 Å². The van der Waals surface area contributed by atoms with E-state index in [0.717, 1.165) is 24.2 Å². The molecule has 1 heterocycles. The minimum absolute atomic E-state index is 0.666. The number of H-pyrrole nitrogens is 1. The Morgan fingerprint density at radius 3 is 3.07 bits per heavy atom. The molecule has 0 amide bonds. The van der Waals surface area contributed by atoms with Crippen LogP contribution in [0.4, 0.5) is 0 Å². The highest BCUT2D eigenvalue weighted by molar-refractivity contribution is 4.89. The molecule has 1 aromatic heterocycles. The first-order valence-corrected chi connectivity index (χ1v) is 5.99. The molecule has 0 aromatic carbocycles. The van der Waals surface area contributed by atoms with Crippen molar-refractivity contribution in [2.45, 2.75) is 45.7 Å². The van der Waals surface area contributed by atoms with Gasteiger partial charge in [-0.05, 0) is 18.3 Å². The fraction of sp³-hybridized carbons (Fsp3) is 0.750. The van der Waals surface area contributed by atoms with Crippen molar-refractivity contribution in [3.05, 3.63) is 18.2 Å². The van der Waals surface area contributed by atoms with Gasteiger partial charge in [0, 0.05) is 18.4 Å². The molecule has 15 heavy (non-hydrogen) atoms. The lowest BCUT2D eigenvalue weighted by molar-refractivity contribution is 0.205. The summed E-state index contributed by atoms with van der Waals surface area (Å²) < 4.78 is 0. The molecular weight excluding hydrogens is 186 g/mol. The Kier molecular flexibility index (Phi) is 3.41. The smallest absolute Gasteiger partial charge is 0.120 e. The second-order valence-corrected chi connectivity index (χ2v) is 4.79. The van der Waals surface area contributed by atoms with Gasteiger partial charge in [0.15, 0.2) is 0 Å². The van der Waals surface area contributed by atoms with Gasteiger partial charge in [0.05, 0.1) is 6.54 Å². The van der Waals surface area contributed by atoms with Crippen LogP contribution in [0.5, 0.6) is 0 Å². The molecule has 1 aromatic rings. The van der Waals surface area contributed by atoms with Crippen molar-refractivity contribution < 1.29 is 0 Å². The molecule has 1 aliphatic carbocycles. The predicted molar refractivity (Wildman–Crippen MR) is 61.4 cm³/mol. The van der Waals surface area contributed by atoms with Crippen molar-refractivity contribution in [1.82, 2.24) is 15.3 Å². The molecule has 2 rings (SSSR count). The van der Waals surface area contributed by atoms with Gasteiger partial charge >= 0.3 is 0 Å². The molecule has 1 aliphatic rings. The number of hydrogen-bond acceptors (Lipinski definition) is 2. The van der Waals surface area contributed by atoms with E-state index in [-0.39, 0.29) is 0 Å². The molecule has 0 bridgehead atoms. The van der Waals surface area contributed by atoms with Gasteiger partial charge in [-0.25, -0.2) is 4.98 Å². The Labute approximate surface area is 91.7 Å². The number of nitrogens with one attached hydrogen (secondary N) is 2. The quantitative estimate of drug-likeness (QED) is 0.798. The number of nitrogens with zero attached hydrogens (tertiary/aromatic N) is 1. The van der Waals surface area contributed by atoms with Crippen LogP contribution < -0.4 is 5.32 Å². The van der Waals surface area contributed by atoms with E-state index in [4.69, 9.17) is 0 Å². The first-order valence-electron chi connectivity index (χ1n) is 5.99. The van der Waals surface area contributed by atoms with Crippen LogP contribution in [0.25, 0.3) is 0 Å². The molecule has 3 atom stereocenters. The summed E-state index contributed by atoms with van der Waals surface area (Å²) in [7, 11) is 0. The van der Waals surface area contributed by atoms with Gasteiger partial charge < -0.3 is 10.3 Å². The number of imidazole rings is 1. The lowest BCUT2D eigenvalue weighted by Crippen LogP contribution is -2.40. The van der Waals surface area contributed by atoms with E-state index < -0.39 is 0 Å². The van der Waals surface area contributed by atoms with Crippen LogP contribution in [-0.2, 0) is 6.54 Å². The second kappa shape index (κ2) is 4.79. The molecule has 0 radical (unpaired) electrons. The summed E-state index contributed by atoms with van der Waals surface area (Å²) in [4.78, 5) is 7.36. The Hall–Kier alpha value is -0.830. The summed E-state index contributed by atoms with van der Waals surface area (Å²) in [6, 6.07) is 0.666. The minimum Gasteiger partial charge on any atom is -0.348 e. The third-order valence-electron chi connectivity index (χ3n) is 3.79. The summed E-state index contributed by atoms with van der Waals surface area (Å²) >= 11 is 0. The van der Waals surface area contributed by atoms with Crippen molar-refractivity contribution in [2.75, 3.05) is 0 Å². The fourth-order valence-electron chi connectivity index (χ4n) is 2.49. The van der Waals surface area contributed by atoms with Gasteiger partial charge in [-0.3, -0.25) is 0 Å². The molecule has 0 saturated heterocycles. The van der Waals surface area contributed by atoms with Crippen molar-refractivity contribution in [2.24, 2.45) is 11.8 Å². The Balaban J connectivity index is 1.83. The number of rotatable bonds is 3. The molecule has 84 valence electrons. The Morgan fingerprint density at radius 2 is 2.33 bits per heavy atom. The summed E-state index contributed by atoms with van der Waals surface area (Å²) in [6.45, 7) is 5.60. The molecule has 2 N–H and O–H groups in total. The lowest BCUT2D eigenvalue weighted by Gasteiger charge is -2.34. The lowest BCUT2D eigenvalue weighted by atomic mass is 9.78. The topological polar surface area (TPSA) is 40.7 Å². The maximum absolute atomic E-state index is 4.23. The molecule has 0 unspecified atom stereocenters. The summed E-state index contributed by atoms with van der Waals surface area (Å²) in [5.74, 6) is 2.68. The van der Waals surface area contributed by atoms with E-state index in [1.165, 1.54) is 19.3 Å². The van der Waals surface area contributed by atoms with Crippen LogP contribution in [-0.4, -0.2) is 16.0 Å². The van der Waals surface area contributed by atoms with Crippen LogP contribution in [0.3, 0.4) is 0 Å².